The highest BCUT2D eigenvalue weighted by atomic mass is 16.5. The molecular weight excluding hydrogens is 298 g/mol. The Balaban J connectivity index is 1.71. The molecule has 3 rings (SSSR count). The number of aliphatic hydroxyl groups is 1. The minimum Gasteiger partial charge on any atom is -0.391 e. The van der Waals surface area contributed by atoms with Gasteiger partial charge in [0, 0.05) is 50.8 Å². The molecule has 2 atom stereocenters. The van der Waals surface area contributed by atoms with E-state index in [0.717, 1.165) is 5.69 Å². The van der Waals surface area contributed by atoms with E-state index in [1.54, 1.807) is 11.9 Å². The maximum Gasteiger partial charge on any atom is 0.255 e. The van der Waals surface area contributed by atoms with Crippen molar-refractivity contribution in [3.05, 3.63) is 51.8 Å². The molecule has 2 aromatic rings. The Morgan fingerprint density at radius 1 is 1.43 bits per heavy atom. The van der Waals surface area contributed by atoms with Crippen LogP contribution < -0.4 is 5.56 Å². The number of likely N-dealkylation sites (tertiary alicyclic amines) is 1. The number of aryl methyl sites for hydroxylation is 2. The van der Waals surface area contributed by atoms with Crippen LogP contribution in [-0.4, -0.2) is 44.8 Å². The van der Waals surface area contributed by atoms with Crippen LogP contribution in [0.15, 0.2) is 33.7 Å². The molecular formula is C16H19N3O4. The lowest BCUT2D eigenvalue weighted by atomic mass is 10.0. The van der Waals surface area contributed by atoms with Crippen molar-refractivity contribution in [3.8, 4) is 0 Å². The first-order valence-electron chi connectivity index (χ1n) is 7.50. The van der Waals surface area contributed by atoms with Gasteiger partial charge in [-0.3, -0.25) is 9.59 Å². The average Bonchev–Trinajstić information content (AvgIpc) is 3.08. The minimum atomic E-state index is -0.600. The number of pyridine rings is 1. The van der Waals surface area contributed by atoms with Gasteiger partial charge in [-0.1, -0.05) is 5.16 Å². The molecule has 1 fully saturated rings. The van der Waals surface area contributed by atoms with Crippen LogP contribution in [0.4, 0.5) is 0 Å². The summed E-state index contributed by atoms with van der Waals surface area (Å²) in [7, 11) is 1.60. The Bertz CT molecular complexity index is 780. The number of rotatable bonds is 3. The van der Waals surface area contributed by atoms with Gasteiger partial charge in [-0.05, 0) is 13.0 Å². The molecule has 0 radical (unpaired) electrons. The largest absolute Gasteiger partial charge is 0.391 e. The Kier molecular flexibility index (Phi) is 4.04. The molecule has 0 spiro atoms. The zero-order valence-electron chi connectivity index (χ0n) is 13.1. The van der Waals surface area contributed by atoms with Gasteiger partial charge in [0.15, 0.2) is 0 Å². The van der Waals surface area contributed by atoms with E-state index in [2.05, 4.69) is 5.16 Å². The van der Waals surface area contributed by atoms with Crippen LogP contribution in [0, 0.1) is 12.8 Å². The number of β-amino-alcohol motifs (C(OH)–C–C–N with tert-alkyl or cyclic N) is 1. The number of aromatic nitrogens is 2. The highest BCUT2D eigenvalue weighted by molar-refractivity contribution is 5.94. The van der Waals surface area contributed by atoms with Crippen molar-refractivity contribution in [3.63, 3.8) is 0 Å². The lowest BCUT2D eigenvalue weighted by molar-refractivity contribution is 0.0763. The molecule has 0 bridgehead atoms. The van der Waals surface area contributed by atoms with E-state index in [0.29, 0.717) is 24.3 Å². The van der Waals surface area contributed by atoms with Crippen molar-refractivity contribution in [1.82, 2.24) is 14.6 Å². The molecule has 1 N–H and O–H groups in total. The van der Waals surface area contributed by atoms with Crippen LogP contribution in [0.5, 0.6) is 0 Å². The van der Waals surface area contributed by atoms with E-state index < -0.39 is 6.10 Å². The van der Waals surface area contributed by atoms with Crippen LogP contribution in [0.3, 0.4) is 0 Å². The predicted octanol–water partition coefficient (Wildman–Crippen LogP) is 0.357. The SMILES string of the molecule is Cc1cc(C[C@@H]2CN(C(=O)c3ccc(=O)n(C)c3)C[C@H]2O)on1. The topological polar surface area (TPSA) is 88.6 Å². The molecule has 7 heteroatoms. The molecule has 2 aromatic heterocycles. The summed E-state index contributed by atoms with van der Waals surface area (Å²) in [6, 6.07) is 4.73. The first kappa shape index (κ1) is 15.5. The average molecular weight is 317 g/mol. The summed E-state index contributed by atoms with van der Waals surface area (Å²) in [6.07, 6.45) is 1.46. The maximum absolute atomic E-state index is 12.5. The van der Waals surface area contributed by atoms with Gasteiger partial charge in [0.2, 0.25) is 5.56 Å². The second-order valence-corrected chi connectivity index (χ2v) is 6.04. The molecule has 1 saturated heterocycles. The highest BCUT2D eigenvalue weighted by Gasteiger charge is 2.35. The van der Waals surface area contributed by atoms with Gasteiger partial charge in [0.05, 0.1) is 17.4 Å². The monoisotopic (exact) mass is 317 g/mol. The van der Waals surface area contributed by atoms with E-state index in [4.69, 9.17) is 4.52 Å². The Hall–Kier alpha value is -2.41. The Morgan fingerprint density at radius 2 is 2.22 bits per heavy atom. The van der Waals surface area contributed by atoms with Crippen molar-refractivity contribution in [1.29, 1.82) is 0 Å². The fourth-order valence-corrected chi connectivity index (χ4v) is 2.89. The standard InChI is InChI=1S/C16H19N3O4/c1-10-5-13(23-17-10)6-12-8-19(9-14(12)20)16(22)11-3-4-15(21)18(2)7-11/h3-5,7,12,14,20H,6,8-9H2,1-2H3/t12-,14-/m1/s1. The van der Waals surface area contributed by atoms with E-state index in [-0.39, 0.29) is 23.9 Å². The molecule has 0 aliphatic carbocycles. The second kappa shape index (κ2) is 6.00. The number of nitrogens with zero attached hydrogens (tertiary/aromatic N) is 3. The minimum absolute atomic E-state index is 0.0844. The fraction of sp³-hybridized carbons (Fsp3) is 0.438. The fourth-order valence-electron chi connectivity index (χ4n) is 2.89. The molecule has 3 heterocycles. The summed E-state index contributed by atoms with van der Waals surface area (Å²) in [5, 5.41) is 14.0. The number of hydrogen-bond donors (Lipinski definition) is 1. The van der Waals surface area contributed by atoms with Gasteiger partial charge < -0.3 is 19.1 Å². The van der Waals surface area contributed by atoms with Crippen molar-refractivity contribution >= 4 is 5.91 Å². The summed E-state index contributed by atoms with van der Waals surface area (Å²) in [6.45, 7) is 2.57. The molecule has 7 nitrogen and oxygen atoms in total. The Morgan fingerprint density at radius 3 is 2.87 bits per heavy atom. The zero-order chi connectivity index (χ0) is 16.6. The number of carbonyl (C=O) groups is 1. The van der Waals surface area contributed by atoms with E-state index in [9.17, 15) is 14.7 Å². The van der Waals surface area contributed by atoms with Crippen molar-refractivity contribution in [2.45, 2.75) is 19.4 Å². The van der Waals surface area contributed by atoms with Crippen LogP contribution >= 0.6 is 0 Å². The van der Waals surface area contributed by atoms with E-state index in [1.807, 2.05) is 13.0 Å². The smallest absolute Gasteiger partial charge is 0.255 e. The van der Waals surface area contributed by atoms with Crippen LogP contribution in [-0.2, 0) is 13.5 Å². The molecule has 0 saturated carbocycles. The molecule has 0 aromatic carbocycles. The van der Waals surface area contributed by atoms with Crippen molar-refractivity contribution < 1.29 is 14.4 Å². The van der Waals surface area contributed by atoms with Gasteiger partial charge >= 0.3 is 0 Å². The summed E-state index contributed by atoms with van der Waals surface area (Å²) in [4.78, 5) is 25.5. The quantitative estimate of drug-likeness (QED) is 0.883. The molecule has 1 amide bonds. The lowest BCUT2D eigenvalue weighted by Gasteiger charge is -2.16. The lowest BCUT2D eigenvalue weighted by Crippen LogP contribution is -2.30. The first-order valence-corrected chi connectivity index (χ1v) is 7.50. The normalized spacial score (nSPS) is 20.9. The highest BCUT2D eigenvalue weighted by Crippen LogP contribution is 2.23. The summed E-state index contributed by atoms with van der Waals surface area (Å²) in [5.74, 6) is 0.442. The predicted molar refractivity (Wildman–Crippen MR) is 82.0 cm³/mol. The third-order valence-electron chi connectivity index (χ3n) is 4.17. The number of hydrogen-bond acceptors (Lipinski definition) is 5. The summed E-state index contributed by atoms with van der Waals surface area (Å²) >= 11 is 0. The van der Waals surface area contributed by atoms with E-state index in [1.165, 1.54) is 22.9 Å². The van der Waals surface area contributed by atoms with Crippen molar-refractivity contribution in [2.75, 3.05) is 13.1 Å². The van der Waals surface area contributed by atoms with Gasteiger partial charge in [0.1, 0.15) is 5.76 Å². The molecule has 23 heavy (non-hydrogen) atoms. The molecule has 1 aliphatic rings. The van der Waals surface area contributed by atoms with Gasteiger partial charge in [-0.15, -0.1) is 0 Å². The zero-order valence-corrected chi connectivity index (χ0v) is 13.1. The van der Waals surface area contributed by atoms with Crippen LogP contribution in [0.2, 0.25) is 0 Å². The van der Waals surface area contributed by atoms with Gasteiger partial charge in [-0.2, -0.15) is 0 Å². The molecule has 0 unspecified atom stereocenters. The second-order valence-electron chi connectivity index (χ2n) is 6.04. The number of aliphatic hydroxyl groups excluding tert-OH is 1. The Labute approximate surface area is 133 Å². The van der Waals surface area contributed by atoms with Gasteiger partial charge in [-0.25, -0.2) is 0 Å². The van der Waals surface area contributed by atoms with Gasteiger partial charge in [0.25, 0.3) is 5.91 Å². The summed E-state index contributed by atoms with van der Waals surface area (Å²) < 4.78 is 6.55. The first-order chi connectivity index (χ1) is 10.9. The van der Waals surface area contributed by atoms with Crippen LogP contribution in [0.25, 0.3) is 0 Å². The number of carbonyl (C=O) groups excluding carboxylic acids is 1. The summed E-state index contributed by atoms with van der Waals surface area (Å²) in [5.41, 5.74) is 1.07. The van der Waals surface area contributed by atoms with Crippen LogP contribution in [0.1, 0.15) is 21.8 Å². The number of amides is 1. The van der Waals surface area contributed by atoms with Crippen molar-refractivity contribution in [2.24, 2.45) is 13.0 Å². The third kappa shape index (κ3) is 3.19. The van der Waals surface area contributed by atoms with E-state index >= 15 is 0 Å². The molecule has 1 aliphatic heterocycles. The molecule has 122 valence electrons. The maximum atomic E-state index is 12.5. The third-order valence-corrected chi connectivity index (χ3v) is 4.17.